The molecule has 6 heteroatoms. The van der Waals surface area contributed by atoms with Crippen molar-refractivity contribution in [3.63, 3.8) is 0 Å². The van der Waals surface area contributed by atoms with Crippen molar-refractivity contribution in [2.24, 2.45) is 12.1 Å². The van der Waals surface area contributed by atoms with Crippen LogP contribution in [0.4, 0.5) is 5.69 Å². The minimum absolute atomic E-state index is 0.0185. The van der Waals surface area contributed by atoms with E-state index < -0.39 is 0 Å². The van der Waals surface area contributed by atoms with Crippen molar-refractivity contribution < 1.29 is 5.11 Å². The van der Waals surface area contributed by atoms with Crippen LogP contribution in [0.1, 0.15) is 29.2 Å². The lowest BCUT2D eigenvalue weighted by Crippen LogP contribution is -2.18. The number of hydrazone groups is 1. The summed E-state index contributed by atoms with van der Waals surface area (Å²) in [5.41, 5.74) is 4.27. The second-order valence-corrected chi connectivity index (χ2v) is 6.27. The average Bonchev–Trinajstić information content (AvgIpc) is 3.28. The van der Waals surface area contributed by atoms with Gasteiger partial charge in [0, 0.05) is 30.8 Å². The van der Waals surface area contributed by atoms with Crippen molar-refractivity contribution in [2.45, 2.75) is 12.5 Å². The van der Waals surface area contributed by atoms with Crippen LogP contribution in [-0.4, -0.2) is 20.6 Å². The molecule has 0 saturated heterocycles. The van der Waals surface area contributed by atoms with Crippen LogP contribution in [0.3, 0.4) is 0 Å². The molecule has 1 atom stereocenters. The minimum atomic E-state index is -0.0185. The van der Waals surface area contributed by atoms with Gasteiger partial charge in [-0.25, -0.2) is 0 Å². The molecule has 1 N–H and O–H groups in total. The Morgan fingerprint density at radius 1 is 1.19 bits per heavy atom. The van der Waals surface area contributed by atoms with E-state index in [1.165, 1.54) is 0 Å². The predicted octanol–water partition coefficient (Wildman–Crippen LogP) is 3.35. The van der Waals surface area contributed by atoms with Gasteiger partial charge in [-0.3, -0.25) is 9.69 Å². The third kappa shape index (κ3) is 2.91. The third-order valence-corrected chi connectivity index (χ3v) is 4.44. The Kier molecular flexibility index (Phi) is 3.90. The molecule has 1 aliphatic heterocycles. The van der Waals surface area contributed by atoms with Crippen LogP contribution in [0, 0.1) is 11.3 Å². The molecule has 0 unspecified atom stereocenters. The fourth-order valence-electron chi connectivity index (χ4n) is 3.20. The first-order chi connectivity index (χ1) is 12.6. The molecule has 0 fully saturated rings. The number of nitrogens with zero attached hydrogens (tertiary/aromatic N) is 5. The van der Waals surface area contributed by atoms with E-state index in [0.29, 0.717) is 12.0 Å². The molecule has 4 rings (SSSR count). The van der Waals surface area contributed by atoms with Crippen molar-refractivity contribution in [2.75, 3.05) is 5.01 Å². The van der Waals surface area contributed by atoms with Crippen LogP contribution in [0.2, 0.25) is 0 Å². The summed E-state index contributed by atoms with van der Waals surface area (Å²) < 4.78 is 1.77. The maximum atomic E-state index is 9.79. The van der Waals surface area contributed by atoms with Gasteiger partial charge in [0.25, 0.3) is 0 Å². The Bertz CT molecular complexity index is 1030. The zero-order valence-corrected chi connectivity index (χ0v) is 14.2. The Morgan fingerprint density at radius 3 is 2.77 bits per heavy atom. The summed E-state index contributed by atoms with van der Waals surface area (Å²) in [6.07, 6.45) is 4.51. The molecule has 0 saturated carbocycles. The summed E-state index contributed by atoms with van der Waals surface area (Å²) in [5.74, 6) is 0.216. The van der Waals surface area contributed by atoms with Crippen LogP contribution in [-0.2, 0) is 7.05 Å². The molecule has 0 amide bonds. The Labute approximate surface area is 151 Å². The molecule has 26 heavy (non-hydrogen) atoms. The van der Waals surface area contributed by atoms with E-state index in [4.69, 9.17) is 5.10 Å². The molecule has 0 radical (unpaired) electrons. The Morgan fingerprint density at radius 2 is 2.04 bits per heavy atom. The van der Waals surface area contributed by atoms with Gasteiger partial charge in [0.15, 0.2) is 0 Å². The van der Waals surface area contributed by atoms with Gasteiger partial charge in [0.05, 0.1) is 35.3 Å². The lowest BCUT2D eigenvalue weighted by molar-refractivity contribution is 0.475. The van der Waals surface area contributed by atoms with Gasteiger partial charge in [-0.15, -0.1) is 0 Å². The molecule has 0 bridgehead atoms. The normalized spacial score (nSPS) is 16.4. The topological polar surface area (TPSA) is 77.4 Å². The lowest BCUT2D eigenvalue weighted by atomic mass is 10.00. The van der Waals surface area contributed by atoms with E-state index in [0.717, 1.165) is 22.5 Å². The predicted molar refractivity (Wildman–Crippen MR) is 98.8 cm³/mol. The molecule has 2 aromatic carbocycles. The molecule has 2 heterocycles. The van der Waals surface area contributed by atoms with Gasteiger partial charge in [-0.1, -0.05) is 18.2 Å². The number of rotatable bonds is 3. The Balaban J connectivity index is 1.78. The van der Waals surface area contributed by atoms with Crippen molar-refractivity contribution in [1.29, 1.82) is 5.26 Å². The summed E-state index contributed by atoms with van der Waals surface area (Å²) in [7, 11) is 1.89. The van der Waals surface area contributed by atoms with E-state index >= 15 is 0 Å². The van der Waals surface area contributed by atoms with Crippen LogP contribution in [0.15, 0.2) is 66.0 Å². The zero-order valence-electron chi connectivity index (χ0n) is 14.2. The molecule has 0 spiro atoms. The first-order valence-electron chi connectivity index (χ1n) is 8.29. The SMILES string of the molecule is Cn1cc([C@@H]2CC(c3cccc(O)c3)=NN2c2cccc(C#N)c2)cn1. The first-order valence-corrected chi connectivity index (χ1v) is 8.29. The fourth-order valence-corrected chi connectivity index (χ4v) is 3.20. The smallest absolute Gasteiger partial charge is 0.116 e. The van der Waals surface area contributed by atoms with E-state index in [9.17, 15) is 10.4 Å². The number of aromatic nitrogens is 2. The van der Waals surface area contributed by atoms with Gasteiger partial charge in [0.1, 0.15) is 5.75 Å². The number of benzene rings is 2. The standard InChI is InChI=1S/C20H17N5O/c1-24-13-16(12-22-24)20-10-19(15-5-3-7-18(26)9-15)23-25(20)17-6-2-4-14(8-17)11-21/h2-9,12-13,20,26H,10H2,1H3/t20-/m0/s1. The number of aryl methyl sites for hydroxylation is 1. The molecule has 0 aliphatic carbocycles. The number of nitriles is 1. The highest BCUT2D eigenvalue weighted by Gasteiger charge is 2.31. The zero-order chi connectivity index (χ0) is 18.1. The van der Waals surface area contributed by atoms with Crippen LogP contribution in [0.25, 0.3) is 0 Å². The molecular weight excluding hydrogens is 326 g/mol. The van der Waals surface area contributed by atoms with E-state index in [1.54, 1.807) is 22.9 Å². The van der Waals surface area contributed by atoms with E-state index in [2.05, 4.69) is 11.2 Å². The molecule has 1 aliphatic rings. The van der Waals surface area contributed by atoms with E-state index in [-0.39, 0.29) is 11.8 Å². The molecule has 3 aromatic rings. The maximum Gasteiger partial charge on any atom is 0.116 e. The van der Waals surface area contributed by atoms with Crippen molar-refractivity contribution in [3.8, 4) is 11.8 Å². The Hall–Kier alpha value is -3.59. The van der Waals surface area contributed by atoms with Gasteiger partial charge < -0.3 is 5.11 Å². The summed E-state index contributed by atoms with van der Waals surface area (Å²) in [6.45, 7) is 0. The second kappa shape index (κ2) is 6.37. The molecule has 1 aromatic heterocycles. The first kappa shape index (κ1) is 15.9. The highest BCUT2D eigenvalue weighted by molar-refractivity contribution is 6.03. The number of phenolic OH excluding ortho intramolecular Hbond substituents is 1. The van der Waals surface area contributed by atoms with Gasteiger partial charge >= 0.3 is 0 Å². The molecule has 128 valence electrons. The summed E-state index contributed by atoms with van der Waals surface area (Å²) in [6, 6.07) is 16.7. The van der Waals surface area contributed by atoms with E-state index in [1.807, 2.05) is 54.8 Å². The number of phenols is 1. The fraction of sp³-hybridized carbons (Fsp3) is 0.150. The molecular formula is C20H17N5O. The highest BCUT2D eigenvalue weighted by Crippen LogP contribution is 2.37. The van der Waals surface area contributed by atoms with Crippen molar-refractivity contribution in [3.05, 3.63) is 77.6 Å². The van der Waals surface area contributed by atoms with Crippen molar-refractivity contribution in [1.82, 2.24) is 9.78 Å². The quantitative estimate of drug-likeness (QED) is 0.791. The van der Waals surface area contributed by atoms with Crippen LogP contribution < -0.4 is 5.01 Å². The summed E-state index contributed by atoms with van der Waals surface area (Å²) in [5, 5.41) is 30.0. The number of hydrogen-bond acceptors (Lipinski definition) is 5. The minimum Gasteiger partial charge on any atom is -0.508 e. The summed E-state index contributed by atoms with van der Waals surface area (Å²) in [4.78, 5) is 0. The second-order valence-electron chi connectivity index (χ2n) is 6.27. The average molecular weight is 343 g/mol. The number of hydrogen-bond donors (Lipinski definition) is 1. The van der Waals surface area contributed by atoms with Crippen LogP contribution >= 0.6 is 0 Å². The lowest BCUT2D eigenvalue weighted by Gasteiger charge is -2.22. The van der Waals surface area contributed by atoms with Gasteiger partial charge in [-0.05, 0) is 30.3 Å². The largest absolute Gasteiger partial charge is 0.508 e. The third-order valence-electron chi connectivity index (χ3n) is 4.44. The monoisotopic (exact) mass is 343 g/mol. The molecule has 6 nitrogen and oxygen atoms in total. The van der Waals surface area contributed by atoms with Gasteiger partial charge in [0.2, 0.25) is 0 Å². The highest BCUT2D eigenvalue weighted by atomic mass is 16.3. The summed E-state index contributed by atoms with van der Waals surface area (Å²) >= 11 is 0. The van der Waals surface area contributed by atoms with Crippen molar-refractivity contribution >= 4 is 11.4 Å². The maximum absolute atomic E-state index is 9.79. The van der Waals surface area contributed by atoms with Crippen LogP contribution in [0.5, 0.6) is 5.75 Å². The number of anilines is 1. The number of aromatic hydroxyl groups is 1. The van der Waals surface area contributed by atoms with Gasteiger partial charge in [-0.2, -0.15) is 15.5 Å².